The van der Waals surface area contributed by atoms with Gasteiger partial charge < -0.3 is 10.1 Å². The maximum atomic E-state index is 5.68. The highest BCUT2D eigenvalue weighted by Crippen LogP contribution is 2.24. The van der Waals surface area contributed by atoms with Crippen molar-refractivity contribution in [2.75, 3.05) is 6.54 Å². The van der Waals surface area contributed by atoms with Crippen LogP contribution in [0.15, 0.2) is 24.3 Å². The summed E-state index contributed by atoms with van der Waals surface area (Å²) in [4.78, 5) is 0. The predicted octanol–water partition coefficient (Wildman–Crippen LogP) is 4.70. The summed E-state index contributed by atoms with van der Waals surface area (Å²) >= 11 is 0. The van der Waals surface area contributed by atoms with E-state index in [1.165, 1.54) is 37.7 Å². The molecule has 1 N–H and O–H groups in total. The van der Waals surface area contributed by atoms with Crippen LogP contribution in [0.5, 0.6) is 5.75 Å². The summed E-state index contributed by atoms with van der Waals surface area (Å²) in [5, 5.41) is 3.69. The van der Waals surface area contributed by atoms with E-state index in [2.05, 4.69) is 50.4 Å². The van der Waals surface area contributed by atoms with Gasteiger partial charge in [0, 0.05) is 6.04 Å². The minimum atomic E-state index is 0.239. The Labute approximate surface area is 123 Å². The minimum Gasteiger partial charge on any atom is -0.491 e. The van der Waals surface area contributed by atoms with Gasteiger partial charge in [-0.15, -0.1) is 0 Å². The Bertz CT molecular complexity index is 379. The summed E-state index contributed by atoms with van der Waals surface area (Å²) in [5.74, 6) is 1.85. The van der Waals surface area contributed by atoms with E-state index in [0.717, 1.165) is 18.2 Å². The van der Waals surface area contributed by atoms with Gasteiger partial charge in [0.2, 0.25) is 0 Å². The average molecular weight is 275 g/mol. The van der Waals surface area contributed by atoms with Crippen molar-refractivity contribution in [3.8, 4) is 5.75 Å². The Morgan fingerprint density at radius 2 is 1.70 bits per heavy atom. The topological polar surface area (TPSA) is 21.3 Å². The molecular formula is C18H29NO. The first-order chi connectivity index (χ1) is 9.65. The van der Waals surface area contributed by atoms with Crippen molar-refractivity contribution in [2.45, 2.75) is 65.0 Å². The molecule has 1 atom stereocenters. The molecule has 2 rings (SSSR count). The molecule has 2 nitrogen and oxygen atoms in total. The van der Waals surface area contributed by atoms with Crippen LogP contribution in [0, 0.1) is 5.92 Å². The third-order valence-electron chi connectivity index (χ3n) is 4.19. The Balaban J connectivity index is 1.80. The lowest BCUT2D eigenvalue weighted by Gasteiger charge is -2.24. The molecule has 112 valence electrons. The second kappa shape index (κ2) is 7.68. The molecule has 0 amide bonds. The Kier molecular flexibility index (Phi) is 5.90. The minimum absolute atomic E-state index is 0.239. The summed E-state index contributed by atoms with van der Waals surface area (Å²) in [6, 6.07) is 8.93. The summed E-state index contributed by atoms with van der Waals surface area (Å²) in [5.41, 5.74) is 1.34. The van der Waals surface area contributed by atoms with Crippen molar-refractivity contribution in [2.24, 2.45) is 5.92 Å². The Morgan fingerprint density at radius 1 is 1.05 bits per heavy atom. The van der Waals surface area contributed by atoms with E-state index >= 15 is 0 Å². The quantitative estimate of drug-likeness (QED) is 0.812. The average Bonchev–Trinajstić information content (AvgIpc) is 2.46. The number of hydrogen-bond acceptors (Lipinski definition) is 2. The van der Waals surface area contributed by atoms with Crippen molar-refractivity contribution >= 4 is 0 Å². The highest BCUT2D eigenvalue weighted by atomic mass is 16.5. The van der Waals surface area contributed by atoms with Crippen LogP contribution in [0.3, 0.4) is 0 Å². The zero-order chi connectivity index (χ0) is 14.4. The lowest BCUT2D eigenvalue weighted by atomic mass is 9.89. The van der Waals surface area contributed by atoms with Crippen LogP contribution in [0.4, 0.5) is 0 Å². The van der Waals surface area contributed by atoms with E-state index < -0.39 is 0 Å². The van der Waals surface area contributed by atoms with Crippen molar-refractivity contribution in [3.05, 3.63) is 29.8 Å². The van der Waals surface area contributed by atoms with E-state index in [-0.39, 0.29) is 6.10 Å². The molecule has 0 saturated heterocycles. The maximum Gasteiger partial charge on any atom is 0.119 e. The van der Waals surface area contributed by atoms with Crippen LogP contribution in [-0.2, 0) is 0 Å². The lowest BCUT2D eigenvalue weighted by Crippen LogP contribution is -2.27. The van der Waals surface area contributed by atoms with Gasteiger partial charge in [0.05, 0.1) is 6.10 Å². The second-order valence-electron chi connectivity index (χ2n) is 6.37. The summed E-state index contributed by atoms with van der Waals surface area (Å²) in [6.45, 7) is 7.52. The Hall–Kier alpha value is -1.02. The largest absolute Gasteiger partial charge is 0.491 e. The van der Waals surface area contributed by atoms with Gasteiger partial charge in [-0.25, -0.2) is 0 Å². The molecule has 20 heavy (non-hydrogen) atoms. The molecule has 2 heteroatoms. The normalized spacial score (nSPS) is 18.2. The number of nitrogens with one attached hydrogen (secondary N) is 1. The molecule has 0 aliphatic heterocycles. The summed E-state index contributed by atoms with van der Waals surface area (Å²) in [7, 11) is 0. The first kappa shape index (κ1) is 15.4. The van der Waals surface area contributed by atoms with Crippen LogP contribution in [0.2, 0.25) is 0 Å². The van der Waals surface area contributed by atoms with Crippen molar-refractivity contribution in [1.29, 1.82) is 0 Å². The van der Waals surface area contributed by atoms with Crippen LogP contribution in [0.1, 0.15) is 64.5 Å². The SMILES string of the molecule is CC(C)Oc1ccc(C(C)NCC2CCCCC2)cc1. The van der Waals surface area contributed by atoms with E-state index in [9.17, 15) is 0 Å². The molecule has 1 aliphatic rings. The molecule has 0 aromatic heterocycles. The van der Waals surface area contributed by atoms with Crippen LogP contribution in [-0.4, -0.2) is 12.6 Å². The molecule has 1 aliphatic carbocycles. The van der Waals surface area contributed by atoms with Gasteiger partial charge in [0.25, 0.3) is 0 Å². The summed E-state index contributed by atoms with van der Waals surface area (Å²) < 4.78 is 5.68. The fourth-order valence-electron chi connectivity index (χ4n) is 2.96. The molecule has 1 aromatic rings. The molecule has 1 unspecified atom stereocenters. The highest BCUT2D eigenvalue weighted by Gasteiger charge is 2.14. The van der Waals surface area contributed by atoms with Crippen molar-refractivity contribution in [1.82, 2.24) is 5.32 Å². The van der Waals surface area contributed by atoms with E-state index in [0.29, 0.717) is 6.04 Å². The molecule has 1 fully saturated rings. The molecular weight excluding hydrogens is 246 g/mol. The zero-order valence-corrected chi connectivity index (χ0v) is 13.2. The van der Waals surface area contributed by atoms with E-state index in [1.54, 1.807) is 0 Å². The van der Waals surface area contributed by atoms with E-state index in [1.807, 2.05) is 0 Å². The standard InChI is InChI=1S/C18H29NO/c1-14(2)20-18-11-9-17(10-12-18)15(3)19-13-16-7-5-4-6-8-16/h9-12,14-16,19H,4-8,13H2,1-3H3. The molecule has 1 aromatic carbocycles. The molecule has 0 heterocycles. The third-order valence-corrected chi connectivity index (χ3v) is 4.19. The van der Waals surface area contributed by atoms with Gasteiger partial charge in [-0.3, -0.25) is 0 Å². The Morgan fingerprint density at radius 3 is 2.30 bits per heavy atom. The second-order valence-corrected chi connectivity index (χ2v) is 6.37. The first-order valence-corrected chi connectivity index (χ1v) is 8.15. The number of benzene rings is 1. The van der Waals surface area contributed by atoms with Crippen LogP contribution < -0.4 is 10.1 Å². The zero-order valence-electron chi connectivity index (χ0n) is 13.2. The smallest absolute Gasteiger partial charge is 0.119 e. The predicted molar refractivity (Wildman–Crippen MR) is 85.2 cm³/mol. The van der Waals surface area contributed by atoms with Crippen molar-refractivity contribution in [3.63, 3.8) is 0 Å². The van der Waals surface area contributed by atoms with Gasteiger partial charge in [-0.1, -0.05) is 31.4 Å². The van der Waals surface area contributed by atoms with Gasteiger partial charge in [0.1, 0.15) is 5.75 Å². The number of hydrogen-bond donors (Lipinski definition) is 1. The monoisotopic (exact) mass is 275 g/mol. The lowest BCUT2D eigenvalue weighted by molar-refractivity contribution is 0.242. The summed E-state index contributed by atoms with van der Waals surface area (Å²) in [6.07, 6.45) is 7.32. The maximum absolute atomic E-state index is 5.68. The fraction of sp³-hybridized carbons (Fsp3) is 0.667. The van der Waals surface area contributed by atoms with Gasteiger partial charge in [0.15, 0.2) is 0 Å². The van der Waals surface area contributed by atoms with Gasteiger partial charge in [-0.2, -0.15) is 0 Å². The van der Waals surface area contributed by atoms with Gasteiger partial charge in [-0.05, 0) is 63.8 Å². The van der Waals surface area contributed by atoms with Gasteiger partial charge >= 0.3 is 0 Å². The van der Waals surface area contributed by atoms with Crippen LogP contribution in [0.25, 0.3) is 0 Å². The highest BCUT2D eigenvalue weighted by molar-refractivity contribution is 5.29. The molecule has 1 saturated carbocycles. The number of ether oxygens (including phenoxy) is 1. The molecule has 0 bridgehead atoms. The number of rotatable bonds is 6. The molecule has 0 radical (unpaired) electrons. The van der Waals surface area contributed by atoms with Crippen molar-refractivity contribution < 1.29 is 4.74 Å². The molecule has 0 spiro atoms. The first-order valence-electron chi connectivity index (χ1n) is 8.15. The fourth-order valence-corrected chi connectivity index (χ4v) is 2.96. The van der Waals surface area contributed by atoms with Crippen LogP contribution >= 0.6 is 0 Å². The third kappa shape index (κ3) is 4.82. The van der Waals surface area contributed by atoms with E-state index in [4.69, 9.17) is 4.74 Å².